The van der Waals surface area contributed by atoms with Gasteiger partial charge in [-0.3, -0.25) is 9.88 Å². The molecule has 0 N–H and O–H groups in total. The molecule has 23 heavy (non-hydrogen) atoms. The van der Waals surface area contributed by atoms with Crippen molar-refractivity contribution in [2.75, 3.05) is 26.3 Å². The van der Waals surface area contributed by atoms with E-state index in [1.807, 2.05) is 6.20 Å². The highest BCUT2D eigenvalue weighted by Crippen LogP contribution is 2.27. The van der Waals surface area contributed by atoms with E-state index in [0.29, 0.717) is 0 Å². The molecular formula is C20H20N2O. The van der Waals surface area contributed by atoms with Crippen LogP contribution < -0.4 is 0 Å². The molecule has 1 saturated heterocycles. The van der Waals surface area contributed by atoms with Gasteiger partial charge in [-0.15, -0.1) is 0 Å². The molecule has 3 heteroatoms. The fraction of sp³-hybridized carbons (Fsp3) is 0.250. The second-order valence-corrected chi connectivity index (χ2v) is 5.97. The van der Waals surface area contributed by atoms with Crippen molar-refractivity contribution in [2.24, 2.45) is 0 Å². The third-order valence-electron chi connectivity index (χ3n) is 4.40. The van der Waals surface area contributed by atoms with E-state index in [1.54, 1.807) is 0 Å². The van der Waals surface area contributed by atoms with Crippen molar-refractivity contribution in [3.05, 3.63) is 66.4 Å². The van der Waals surface area contributed by atoms with E-state index < -0.39 is 0 Å². The van der Waals surface area contributed by atoms with Gasteiger partial charge in [-0.25, -0.2) is 0 Å². The Balaban J connectivity index is 1.59. The van der Waals surface area contributed by atoms with E-state index in [2.05, 4.69) is 59.5 Å². The van der Waals surface area contributed by atoms with Crippen molar-refractivity contribution in [3.8, 4) is 11.3 Å². The number of hydrogen-bond donors (Lipinski definition) is 0. The molecule has 3 aromatic rings. The molecular weight excluding hydrogens is 284 g/mol. The molecule has 1 aromatic heterocycles. The summed E-state index contributed by atoms with van der Waals surface area (Å²) in [4.78, 5) is 7.12. The second-order valence-electron chi connectivity index (χ2n) is 5.97. The molecule has 0 spiro atoms. The number of morpholine rings is 1. The lowest BCUT2D eigenvalue weighted by molar-refractivity contribution is 0.0341. The van der Waals surface area contributed by atoms with E-state index in [1.165, 1.54) is 21.9 Å². The normalized spacial score (nSPS) is 15.8. The van der Waals surface area contributed by atoms with Gasteiger partial charge in [-0.05, 0) is 22.4 Å². The molecule has 1 aliphatic rings. The molecule has 2 aromatic carbocycles. The van der Waals surface area contributed by atoms with Crippen LogP contribution in [-0.4, -0.2) is 36.2 Å². The number of pyridine rings is 1. The molecule has 0 unspecified atom stereocenters. The number of aromatic nitrogens is 1. The minimum Gasteiger partial charge on any atom is -0.379 e. The van der Waals surface area contributed by atoms with Crippen molar-refractivity contribution < 1.29 is 4.74 Å². The summed E-state index contributed by atoms with van der Waals surface area (Å²) >= 11 is 0. The molecule has 116 valence electrons. The van der Waals surface area contributed by atoms with Gasteiger partial charge in [0.2, 0.25) is 0 Å². The highest BCUT2D eigenvalue weighted by Gasteiger charge is 2.11. The molecule has 0 bridgehead atoms. The molecule has 1 fully saturated rings. The minimum absolute atomic E-state index is 0.835. The van der Waals surface area contributed by atoms with Gasteiger partial charge in [-0.1, -0.05) is 48.5 Å². The highest BCUT2D eigenvalue weighted by atomic mass is 16.5. The van der Waals surface area contributed by atoms with Gasteiger partial charge in [0.25, 0.3) is 0 Å². The monoisotopic (exact) mass is 304 g/mol. The summed E-state index contributed by atoms with van der Waals surface area (Å²) in [5, 5.41) is 2.51. The van der Waals surface area contributed by atoms with Gasteiger partial charge >= 0.3 is 0 Å². The molecule has 0 aliphatic carbocycles. The van der Waals surface area contributed by atoms with E-state index >= 15 is 0 Å². The Hall–Kier alpha value is -2.23. The summed E-state index contributed by atoms with van der Waals surface area (Å²) in [6.07, 6.45) is 2.01. The zero-order valence-electron chi connectivity index (χ0n) is 13.1. The number of benzene rings is 2. The van der Waals surface area contributed by atoms with Crippen molar-refractivity contribution in [2.45, 2.75) is 6.54 Å². The van der Waals surface area contributed by atoms with Crippen LogP contribution in [0, 0.1) is 0 Å². The SMILES string of the molecule is c1ccc2c(-c3ccc(CN4CCOCC4)cn3)cccc2c1. The Labute approximate surface area is 136 Å². The fourth-order valence-electron chi connectivity index (χ4n) is 3.14. The largest absolute Gasteiger partial charge is 0.379 e. The highest BCUT2D eigenvalue weighted by molar-refractivity contribution is 5.95. The quantitative estimate of drug-likeness (QED) is 0.737. The Morgan fingerprint density at radius 2 is 1.74 bits per heavy atom. The maximum Gasteiger partial charge on any atom is 0.0708 e. The second kappa shape index (κ2) is 6.49. The topological polar surface area (TPSA) is 25.4 Å². The zero-order chi connectivity index (χ0) is 15.5. The first kappa shape index (κ1) is 14.4. The standard InChI is InChI=1S/C20H20N2O/c1-2-6-18-17(4-1)5-3-7-19(18)20-9-8-16(14-21-20)15-22-10-12-23-13-11-22/h1-9,14H,10-13,15H2. The van der Waals surface area contributed by atoms with Crippen molar-refractivity contribution >= 4 is 10.8 Å². The Bertz CT molecular complexity index is 787. The Morgan fingerprint density at radius 1 is 0.913 bits per heavy atom. The average Bonchev–Trinajstić information content (AvgIpc) is 2.63. The predicted molar refractivity (Wildman–Crippen MR) is 93.3 cm³/mol. The smallest absolute Gasteiger partial charge is 0.0708 e. The summed E-state index contributed by atoms with van der Waals surface area (Å²) in [6, 6.07) is 19.2. The van der Waals surface area contributed by atoms with Crippen LogP contribution in [0.1, 0.15) is 5.56 Å². The van der Waals surface area contributed by atoms with E-state index in [4.69, 9.17) is 9.72 Å². The van der Waals surface area contributed by atoms with Crippen LogP contribution in [0.25, 0.3) is 22.0 Å². The van der Waals surface area contributed by atoms with Gasteiger partial charge in [0.05, 0.1) is 18.9 Å². The fourth-order valence-corrected chi connectivity index (χ4v) is 3.14. The number of nitrogens with zero attached hydrogens (tertiary/aromatic N) is 2. The van der Waals surface area contributed by atoms with Crippen LogP contribution in [-0.2, 0) is 11.3 Å². The van der Waals surface area contributed by atoms with Crippen LogP contribution in [0.5, 0.6) is 0 Å². The third-order valence-corrected chi connectivity index (χ3v) is 4.40. The van der Waals surface area contributed by atoms with Crippen LogP contribution in [0.2, 0.25) is 0 Å². The summed E-state index contributed by atoms with van der Waals surface area (Å²) in [7, 11) is 0. The Morgan fingerprint density at radius 3 is 2.57 bits per heavy atom. The average molecular weight is 304 g/mol. The predicted octanol–water partition coefficient (Wildman–Crippen LogP) is 3.73. The van der Waals surface area contributed by atoms with E-state index in [-0.39, 0.29) is 0 Å². The molecule has 0 amide bonds. The lowest BCUT2D eigenvalue weighted by Crippen LogP contribution is -2.35. The molecule has 4 rings (SSSR count). The van der Waals surface area contributed by atoms with Crippen molar-refractivity contribution in [1.82, 2.24) is 9.88 Å². The summed E-state index contributed by atoms with van der Waals surface area (Å²) in [5.41, 5.74) is 3.49. The number of rotatable bonds is 3. The lowest BCUT2D eigenvalue weighted by atomic mass is 10.0. The molecule has 0 radical (unpaired) electrons. The lowest BCUT2D eigenvalue weighted by Gasteiger charge is -2.26. The first-order chi connectivity index (χ1) is 11.4. The van der Waals surface area contributed by atoms with E-state index in [0.717, 1.165) is 38.5 Å². The number of fused-ring (bicyclic) bond motifs is 1. The molecule has 0 atom stereocenters. The minimum atomic E-state index is 0.835. The molecule has 2 heterocycles. The van der Waals surface area contributed by atoms with Gasteiger partial charge in [0, 0.05) is 31.4 Å². The summed E-state index contributed by atoms with van der Waals surface area (Å²) in [5.74, 6) is 0. The molecule has 1 aliphatic heterocycles. The van der Waals surface area contributed by atoms with Crippen LogP contribution in [0.4, 0.5) is 0 Å². The number of ether oxygens (including phenoxy) is 1. The van der Waals surface area contributed by atoms with Gasteiger partial charge in [0.1, 0.15) is 0 Å². The molecule has 3 nitrogen and oxygen atoms in total. The number of hydrogen-bond acceptors (Lipinski definition) is 3. The summed E-state index contributed by atoms with van der Waals surface area (Å²) < 4.78 is 5.40. The first-order valence-corrected chi connectivity index (χ1v) is 8.13. The maximum absolute atomic E-state index is 5.40. The van der Waals surface area contributed by atoms with Gasteiger partial charge in [0.15, 0.2) is 0 Å². The Kier molecular flexibility index (Phi) is 4.05. The molecule has 0 saturated carbocycles. The maximum atomic E-state index is 5.40. The summed E-state index contributed by atoms with van der Waals surface area (Å²) in [6.45, 7) is 4.63. The van der Waals surface area contributed by atoms with Crippen LogP contribution in [0.3, 0.4) is 0 Å². The van der Waals surface area contributed by atoms with Crippen LogP contribution >= 0.6 is 0 Å². The van der Waals surface area contributed by atoms with E-state index in [9.17, 15) is 0 Å². The van der Waals surface area contributed by atoms with Crippen molar-refractivity contribution in [3.63, 3.8) is 0 Å². The van der Waals surface area contributed by atoms with Crippen molar-refractivity contribution in [1.29, 1.82) is 0 Å². The van der Waals surface area contributed by atoms with Gasteiger partial charge < -0.3 is 4.74 Å². The zero-order valence-corrected chi connectivity index (χ0v) is 13.1. The first-order valence-electron chi connectivity index (χ1n) is 8.13. The van der Waals surface area contributed by atoms with Gasteiger partial charge in [-0.2, -0.15) is 0 Å². The third kappa shape index (κ3) is 3.11. The van der Waals surface area contributed by atoms with Crippen LogP contribution in [0.15, 0.2) is 60.8 Å².